The number of carbonyl (C=O) groups is 3. The monoisotopic (exact) mass is 360 g/mol. The summed E-state index contributed by atoms with van der Waals surface area (Å²) in [5.74, 6) is -3.81. The fraction of sp³-hybridized carbons (Fsp3) is 0.357. The van der Waals surface area contributed by atoms with Crippen LogP contribution in [-0.2, 0) is 16.0 Å². The molecule has 1 aromatic heterocycles. The third-order valence-electron chi connectivity index (χ3n) is 3.32. The molecule has 25 heavy (non-hydrogen) atoms. The molecule has 136 valence electrons. The van der Waals surface area contributed by atoms with E-state index in [9.17, 15) is 22.8 Å². The summed E-state index contributed by atoms with van der Waals surface area (Å²) in [6, 6.07) is 1.64. The van der Waals surface area contributed by atoms with Crippen LogP contribution < -0.4 is 11.5 Å². The molecule has 1 aliphatic heterocycles. The Labute approximate surface area is 139 Å². The molecule has 0 fully saturated rings. The van der Waals surface area contributed by atoms with Gasteiger partial charge in [-0.05, 0) is 25.5 Å². The van der Waals surface area contributed by atoms with E-state index in [4.69, 9.17) is 21.4 Å². The number of carbonyl (C=O) groups excluding carboxylic acids is 2. The Morgan fingerprint density at radius 1 is 1.28 bits per heavy atom. The molecule has 0 spiro atoms. The molecule has 1 atom stereocenters. The number of aliphatic imine (C=N–C) groups is 1. The van der Waals surface area contributed by atoms with Gasteiger partial charge in [-0.25, -0.2) is 4.79 Å². The number of pyridine rings is 1. The Bertz CT molecular complexity index is 761. The van der Waals surface area contributed by atoms with Crippen molar-refractivity contribution in [3.63, 3.8) is 0 Å². The lowest BCUT2D eigenvalue weighted by molar-refractivity contribution is -0.192. The average Bonchev–Trinajstić information content (AvgIpc) is 2.45. The first kappa shape index (κ1) is 20.1. The van der Waals surface area contributed by atoms with Crippen molar-refractivity contribution < 1.29 is 32.7 Å². The van der Waals surface area contributed by atoms with Crippen molar-refractivity contribution in [2.75, 3.05) is 0 Å². The number of rotatable bonds is 2. The molecule has 0 saturated carbocycles. The number of primary amides is 2. The van der Waals surface area contributed by atoms with E-state index in [1.165, 1.54) is 6.20 Å². The van der Waals surface area contributed by atoms with Crippen LogP contribution in [0, 0.1) is 0 Å². The van der Waals surface area contributed by atoms with E-state index in [1.54, 1.807) is 19.9 Å². The first-order chi connectivity index (χ1) is 11.3. The van der Waals surface area contributed by atoms with Crippen LogP contribution in [0.15, 0.2) is 17.3 Å². The van der Waals surface area contributed by atoms with Crippen molar-refractivity contribution in [2.24, 2.45) is 16.5 Å². The predicted molar refractivity (Wildman–Crippen MR) is 80.0 cm³/mol. The number of hydrogen-bond acceptors (Lipinski definition) is 5. The van der Waals surface area contributed by atoms with Gasteiger partial charge in [0.2, 0.25) is 11.8 Å². The largest absolute Gasteiger partial charge is 0.490 e. The number of nitrogens with two attached hydrogens (primary N) is 2. The Morgan fingerprint density at radius 2 is 1.80 bits per heavy atom. The quantitative estimate of drug-likeness (QED) is 0.699. The SMILES string of the molecule is CC1=NC(C)(C(N)=O)Cc2cc(C(N)=O)cnc21.O=C(O)C(F)(F)F. The minimum absolute atomic E-state index is 0.315. The number of nitrogens with zero attached hydrogens (tertiary/aromatic N) is 2. The molecule has 1 aromatic rings. The van der Waals surface area contributed by atoms with Crippen LogP contribution in [0.5, 0.6) is 0 Å². The van der Waals surface area contributed by atoms with Gasteiger partial charge in [-0.15, -0.1) is 0 Å². The highest BCUT2D eigenvalue weighted by atomic mass is 19.4. The smallest absolute Gasteiger partial charge is 0.475 e. The Kier molecular flexibility index (Phi) is 5.51. The van der Waals surface area contributed by atoms with Gasteiger partial charge in [0.1, 0.15) is 5.54 Å². The maximum Gasteiger partial charge on any atom is 0.490 e. The van der Waals surface area contributed by atoms with Crippen LogP contribution in [0.4, 0.5) is 13.2 Å². The summed E-state index contributed by atoms with van der Waals surface area (Å²) in [5, 5.41) is 7.12. The van der Waals surface area contributed by atoms with Gasteiger partial charge in [0, 0.05) is 12.6 Å². The molecule has 0 radical (unpaired) electrons. The normalized spacial score (nSPS) is 19.0. The van der Waals surface area contributed by atoms with Gasteiger partial charge in [0.15, 0.2) is 0 Å². The zero-order valence-corrected chi connectivity index (χ0v) is 13.2. The predicted octanol–water partition coefficient (Wildman–Crippen LogP) is 0.423. The van der Waals surface area contributed by atoms with Gasteiger partial charge in [0.25, 0.3) is 0 Å². The van der Waals surface area contributed by atoms with Crippen LogP contribution in [0.25, 0.3) is 0 Å². The highest BCUT2D eigenvalue weighted by molar-refractivity contribution is 6.03. The summed E-state index contributed by atoms with van der Waals surface area (Å²) < 4.78 is 31.7. The molecule has 0 bridgehead atoms. The van der Waals surface area contributed by atoms with Crippen molar-refractivity contribution in [1.29, 1.82) is 0 Å². The first-order valence-corrected chi connectivity index (χ1v) is 6.73. The highest BCUT2D eigenvalue weighted by Crippen LogP contribution is 2.26. The molecule has 1 aliphatic rings. The number of aromatic nitrogens is 1. The summed E-state index contributed by atoms with van der Waals surface area (Å²) in [4.78, 5) is 39.9. The Morgan fingerprint density at radius 3 is 2.20 bits per heavy atom. The number of carboxylic acid groups (broad SMARTS) is 1. The third kappa shape index (κ3) is 4.75. The molecule has 0 aliphatic carbocycles. The maximum atomic E-state index is 11.5. The van der Waals surface area contributed by atoms with Gasteiger partial charge in [-0.3, -0.25) is 19.6 Å². The molecule has 5 N–H and O–H groups in total. The zero-order chi connectivity index (χ0) is 19.6. The van der Waals surface area contributed by atoms with Crippen molar-refractivity contribution in [3.8, 4) is 0 Å². The number of halogens is 3. The average molecular weight is 360 g/mol. The number of aliphatic carboxylic acids is 1. The van der Waals surface area contributed by atoms with E-state index in [-0.39, 0.29) is 0 Å². The second kappa shape index (κ2) is 6.87. The second-order valence-corrected chi connectivity index (χ2v) is 5.41. The molecule has 11 heteroatoms. The second-order valence-electron chi connectivity index (χ2n) is 5.41. The highest BCUT2D eigenvalue weighted by Gasteiger charge is 2.38. The fourth-order valence-electron chi connectivity index (χ4n) is 2.08. The molecular formula is C14H15F3N4O4. The first-order valence-electron chi connectivity index (χ1n) is 6.73. The van der Waals surface area contributed by atoms with E-state index in [2.05, 4.69) is 9.98 Å². The minimum atomic E-state index is -5.08. The van der Waals surface area contributed by atoms with Crippen molar-refractivity contribution in [1.82, 2.24) is 4.98 Å². The topological polar surface area (TPSA) is 149 Å². The molecule has 2 amide bonds. The van der Waals surface area contributed by atoms with Crippen LogP contribution in [0.1, 0.15) is 35.5 Å². The van der Waals surface area contributed by atoms with Crippen LogP contribution in [0.3, 0.4) is 0 Å². The third-order valence-corrected chi connectivity index (χ3v) is 3.32. The molecule has 2 heterocycles. The van der Waals surface area contributed by atoms with Crippen LogP contribution >= 0.6 is 0 Å². The van der Waals surface area contributed by atoms with E-state index in [0.717, 1.165) is 5.56 Å². The lowest BCUT2D eigenvalue weighted by Crippen LogP contribution is -2.44. The number of fused-ring (bicyclic) bond motifs is 1. The summed E-state index contributed by atoms with van der Waals surface area (Å²) in [7, 11) is 0. The van der Waals surface area contributed by atoms with E-state index in [0.29, 0.717) is 23.4 Å². The number of carboxylic acids is 1. The number of alkyl halides is 3. The maximum absolute atomic E-state index is 11.5. The Balaban J connectivity index is 0.000000381. The lowest BCUT2D eigenvalue weighted by Gasteiger charge is -2.28. The standard InChI is InChI=1S/C12H14N4O2.C2HF3O2/c1-6-9-7(3-8(5-15-9)10(13)17)4-12(2,16-6)11(14)18;3-2(4,5)1(6)7/h3,5H,4H2,1-2H3,(H2,13,17)(H2,14,18);(H,6,7). The number of amides is 2. The Hall–Kier alpha value is -2.98. The van der Waals surface area contributed by atoms with Gasteiger partial charge in [-0.2, -0.15) is 13.2 Å². The molecule has 0 aromatic carbocycles. The van der Waals surface area contributed by atoms with E-state index in [1.807, 2.05) is 0 Å². The van der Waals surface area contributed by atoms with Gasteiger partial charge in [-0.1, -0.05) is 0 Å². The molecular weight excluding hydrogens is 345 g/mol. The van der Waals surface area contributed by atoms with Gasteiger partial charge < -0.3 is 16.6 Å². The molecule has 0 saturated heterocycles. The van der Waals surface area contributed by atoms with E-state index < -0.39 is 29.5 Å². The van der Waals surface area contributed by atoms with Gasteiger partial charge >= 0.3 is 12.1 Å². The molecule has 8 nitrogen and oxygen atoms in total. The van der Waals surface area contributed by atoms with Crippen molar-refractivity contribution in [3.05, 3.63) is 29.1 Å². The fourth-order valence-corrected chi connectivity index (χ4v) is 2.08. The number of hydrogen-bond donors (Lipinski definition) is 3. The van der Waals surface area contributed by atoms with Gasteiger partial charge in [0.05, 0.1) is 17.0 Å². The molecule has 1 unspecified atom stereocenters. The molecule has 2 rings (SSSR count). The summed E-state index contributed by atoms with van der Waals surface area (Å²) >= 11 is 0. The summed E-state index contributed by atoms with van der Waals surface area (Å²) in [6.07, 6.45) is -3.35. The lowest BCUT2D eigenvalue weighted by atomic mass is 9.87. The van der Waals surface area contributed by atoms with E-state index >= 15 is 0 Å². The van der Waals surface area contributed by atoms with Crippen molar-refractivity contribution in [2.45, 2.75) is 32.0 Å². The minimum Gasteiger partial charge on any atom is -0.475 e. The van der Waals surface area contributed by atoms with Crippen molar-refractivity contribution >= 4 is 23.5 Å². The zero-order valence-electron chi connectivity index (χ0n) is 13.2. The summed E-state index contributed by atoms with van der Waals surface area (Å²) in [5.41, 5.74) is 12.0. The van der Waals surface area contributed by atoms with Crippen LogP contribution in [-0.4, -0.2) is 45.3 Å². The summed E-state index contributed by atoms with van der Waals surface area (Å²) in [6.45, 7) is 3.43. The van der Waals surface area contributed by atoms with Crippen LogP contribution in [0.2, 0.25) is 0 Å².